The van der Waals surface area contributed by atoms with Gasteiger partial charge in [0.15, 0.2) is 0 Å². The van der Waals surface area contributed by atoms with Crippen LogP contribution >= 0.6 is 11.6 Å². The van der Waals surface area contributed by atoms with Gasteiger partial charge in [0, 0.05) is 41.8 Å². The number of amides is 2. The molecule has 2 heterocycles. The summed E-state index contributed by atoms with van der Waals surface area (Å²) in [6.45, 7) is 1.72. The van der Waals surface area contributed by atoms with Crippen molar-refractivity contribution in [3.05, 3.63) is 52.9 Å². The number of hydrogen-bond donors (Lipinski definition) is 2. The van der Waals surface area contributed by atoms with Gasteiger partial charge in [0.1, 0.15) is 12.1 Å². The van der Waals surface area contributed by atoms with Gasteiger partial charge in [-0.15, -0.1) is 0 Å². The summed E-state index contributed by atoms with van der Waals surface area (Å²) in [6.07, 6.45) is 8.51. The number of benzene rings is 1. The largest absolute Gasteiger partial charge is 0.356 e. The van der Waals surface area contributed by atoms with E-state index in [0.29, 0.717) is 10.7 Å². The van der Waals surface area contributed by atoms with Crippen LogP contribution in [-0.4, -0.2) is 35.1 Å². The van der Waals surface area contributed by atoms with Crippen molar-refractivity contribution >= 4 is 35.2 Å². The normalized spacial score (nSPS) is 16.4. The highest BCUT2D eigenvalue weighted by atomic mass is 35.5. The van der Waals surface area contributed by atoms with E-state index in [2.05, 4.69) is 37.7 Å². The van der Waals surface area contributed by atoms with Gasteiger partial charge in [-0.2, -0.15) is 0 Å². The Morgan fingerprint density at radius 3 is 2.88 bits per heavy atom. The van der Waals surface area contributed by atoms with Gasteiger partial charge in [-0.25, -0.2) is 14.8 Å². The molecule has 26 heavy (non-hydrogen) atoms. The first-order chi connectivity index (χ1) is 12.7. The fourth-order valence-electron chi connectivity index (χ4n) is 3.45. The zero-order valence-corrected chi connectivity index (χ0v) is 15.0. The van der Waals surface area contributed by atoms with Crippen molar-refractivity contribution in [2.75, 3.05) is 23.3 Å². The van der Waals surface area contributed by atoms with Gasteiger partial charge in [-0.1, -0.05) is 29.8 Å². The molecule has 0 radical (unpaired) electrons. The van der Waals surface area contributed by atoms with E-state index in [1.807, 2.05) is 12.1 Å². The topological polar surface area (TPSA) is 70.2 Å². The van der Waals surface area contributed by atoms with Gasteiger partial charge >= 0.3 is 6.03 Å². The summed E-state index contributed by atoms with van der Waals surface area (Å²) in [5, 5.41) is 6.47. The molecule has 0 bridgehead atoms. The summed E-state index contributed by atoms with van der Waals surface area (Å²) in [5.74, 6) is 1.01. The third-order valence-corrected chi connectivity index (χ3v) is 4.99. The standard InChI is InChI=1S/C19H20ClN5O/c20-13-3-1-4-15(11-13)24-19(26)23-14-7-9-25(10-8-14)18-16-5-2-6-17(16)21-12-22-18/h1-5,11-12,14H,6-10H2,(H2,23,24,26). The number of carbonyl (C=O) groups is 1. The van der Waals surface area contributed by atoms with Crippen LogP contribution in [-0.2, 0) is 6.42 Å². The molecule has 1 fully saturated rings. The van der Waals surface area contributed by atoms with Crippen LogP contribution in [0.3, 0.4) is 0 Å². The Kier molecular flexibility index (Phi) is 4.75. The molecule has 1 aliphatic heterocycles. The Balaban J connectivity index is 1.32. The predicted molar refractivity (Wildman–Crippen MR) is 104 cm³/mol. The summed E-state index contributed by atoms with van der Waals surface area (Å²) < 4.78 is 0. The van der Waals surface area contributed by atoms with Crippen molar-refractivity contribution < 1.29 is 4.79 Å². The van der Waals surface area contributed by atoms with Crippen molar-refractivity contribution in [1.82, 2.24) is 15.3 Å². The van der Waals surface area contributed by atoms with Gasteiger partial charge in [0.2, 0.25) is 0 Å². The first-order valence-corrected chi connectivity index (χ1v) is 9.15. The lowest BCUT2D eigenvalue weighted by Crippen LogP contribution is -2.46. The molecule has 7 heteroatoms. The van der Waals surface area contributed by atoms with E-state index < -0.39 is 0 Å². The molecule has 134 valence electrons. The number of anilines is 2. The number of rotatable bonds is 3. The van der Waals surface area contributed by atoms with Crippen molar-refractivity contribution in [1.29, 1.82) is 0 Å². The van der Waals surface area contributed by atoms with Crippen LogP contribution in [0, 0.1) is 0 Å². The van der Waals surface area contributed by atoms with E-state index >= 15 is 0 Å². The molecule has 2 N–H and O–H groups in total. The van der Waals surface area contributed by atoms with Crippen LogP contribution in [0.1, 0.15) is 24.1 Å². The average molecular weight is 370 g/mol. The number of carbonyl (C=O) groups excluding carboxylic acids is 1. The van der Waals surface area contributed by atoms with Crippen molar-refractivity contribution in [2.45, 2.75) is 25.3 Å². The summed E-state index contributed by atoms with van der Waals surface area (Å²) in [6, 6.07) is 7.08. The summed E-state index contributed by atoms with van der Waals surface area (Å²) in [5.41, 5.74) is 2.92. The SMILES string of the molecule is O=C(Nc1cccc(Cl)c1)NC1CCN(c2ncnc3c2C=CC3)CC1. The second-order valence-corrected chi connectivity index (χ2v) is 6.97. The van der Waals surface area contributed by atoms with Crippen LogP contribution in [0.25, 0.3) is 6.08 Å². The number of hydrogen-bond acceptors (Lipinski definition) is 4. The first kappa shape index (κ1) is 16.8. The maximum Gasteiger partial charge on any atom is 0.319 e. The summed E-state index contributed by atoms with van der Waals surface area (Å²) in [7, 11) is 0. The lowest BCUT2D eigenvalue weighted by atomic mass is 10.0. The highest BCUT2D eigenvalue weighted by Crippen LogP contribution is 2.28. The number of fused-ring (bicyclic) bond motifs is 1. The molecule has 0 unspecified atom stereocenters. The van der Waals surface area contributed by atoms with Crippen LogP contribution in [0.4, 0.5) is 16.3 Å². The Hall–Kier alpha value is -2.60. The van der Waals surface area contributed by atoms with Crippen LogP contribution in [0.5, 0.6) is 0 Å². The number of urea groups is 1. The lowest BCUT2D eigenvalue weighted by molar-refractivity contribution is 0.246. The van der Waals surface area contributed by atoms with Gasteiger partial charge in [0.25, 0.3) is 0 Å². The maximum atomic E-state index is 12.2. The maximum absolute atomic E-state index is 12.2. The van der Waals surface area contributed by atoms with Gasteiger partial charge < -0.3 is 15.5 Å². The molecule has 1 aromatic carbocycles. The number of allylic oxidation sites excluding steroid dienone is 1. The van der Waals surface area contributed by atoms with Crippen molar-refractivity contribution in [2.24, 2.45) is 0 Å². The molecule has 1 saturated heterocycles. The van der Waals surface area contributed by atoms with E-state index in [1.165, 1.54) is 0 Å². The van der Waals surface area contributed by atoms with Gasteiger partial charge in [-0.05, 0) is 31.0 Å². The highest BCUT2D eigenvalue weighted by molar-refractivity contribution is 6.30. The molecule has 6 nitrogen and oxygen atoms in total. The quantitative estimate of drug-likeness (QED) is 0.868. The Morgan fingerprint density at radius 2 is 2.08 bits per heavy atom. The molecule has 0 spiro atoms. The number of nitrogens with zero attached hydrogens (tertiary/aromatic N) is 3. The van der Waals surface area contributed by atoms with Crippen molar-refractivity contribution in [3.8, 4) is 0 Å². The monoisotopic (exact) mass is 369 g/mol. The van der Waals surface area contributed by atoms with Crippen LogP contribution in [0.2, 0.25) is 5.02 Å². The molecule has 1 aromatic heterocycles. The lowest BCUT2D eigenvalue weighted by Gasteiger charge is -2.33. The number of nitrogens with one attached hydrogen (secondary N) is 2. The first-order valence-electron chi connectivity index (χ1n) is 8.77. The third-order valence-electron chi connectivity index (χ3n) is 4.75. The molecule has 2 aliphatic rings. The molecular weight excluding hydrogens is 350 g/mol. The zero-order chi connectivity index (χ0) is 17.9. The minimum absolute atomic E-state index is 0.149. The van der Waals surface area contributed by atoms with Gasteiger partial charge in [0.05, 0.1) is 5.69 Å². The molecule has 2 aromatic rings. The van der Waals surface area contributed by atoms with Crippen molar-refractivity contribution in [3.63, 3.8) is 0 Å². The van der Waals surface area contributed by atoms with Crippen LogP contribution in [0.15, 0.2) is 36.7 Å². The smallest absolute Gasteiger partial charge is 0.319 e. The summed E-state index contributed by atoms with van der Waals surface area (Å²) in [4.78, 5) is 23.3. The molecule has 0 atom stereocenters. The fourth-order valence-corrected chi connectivity index (χ4v) is 3.64. The Bertz CT molecular complexity index is 846. The minimum Gasteiger partial charge on any atom is -0.356 e. The van der Waals surface area contributed by atoms with Crippen LogP contribution < -0.4 is 15.5 Å². The van der Waals surface area contributed by atoms with E-state index in [1.54, 1.807) is 18.5 Å². The minimum atomic E-state index is -0.198. The molecular formula is C19H20ClN5O. The van der Waals surface area contributed by atoms with E-state index in [9.17, 15) is 4.79 Å². The molecule has 0 saturated carbocycles. The third kappa shape index (κ3) is 3.65. The number of aromatic nitrogens is 2. The zero-order valence-electron chi connectivity index (χ0n) is 14.3. The van der Waals surface area contributed by atoms with E-state index in [0.717, 1.165) is 49.4 Å². The Morgan fingerprint density at radius 1 is 1.23 bits per heavy atom. The number of halogens is 1. The number of piperidine rings is 1. The highest BCUT2D eigenvalue weighted by Gasteiger charge is 2.24. The summed E-state index contributed by atoms with van der Waals surface area (Å²) >= 11 is 5.94. The fraction of sp³-hybridized carbons (Fsp3) is 0.316. The van der Waals surface area contributed by atoms with E-state index in [4.69, 9.17) is 11.6 Å². The second-order valence-electron chi connectivity index (χ2n) is 6.53. The Labute approximate surface area is 157 Å². The predicted octanol–water partition coefficient (Wildman–Crippen LogP) is 3.49. The molecule has 2 amide bonds. The molecule has 1 aliphatic carbocycles. The molecule has 4 rings (SSSR count). The van der Waals surface area contributed by atoms with Gasteiger partial charge in [-0.3, -0.25) is 0 Å². The second kappa shape index (κ2) is 7.33. The average Bonchev–Trinajstić information content (AvgIpc) is 3.11. The van der Waals surface area contributed by atoms with E-state index in [-0.39, 0.29) is 12.1 Å².